The smallest absolute Gasteiger partial charge is 0.229 e. The zero-order valence-electron chi connectivity index (χ0n) is 12.2. The molecule has 0 bridgehead atoms. The zero-order valence-corrected chi connectivity index (χ0v) is 13.7. The van der Waals surface area contributed by atoms with Crippen LogP contribution in [0.25, 0.3) is 0 Å². The number of anilines is 1. The van der Waals surface area contributed by atoms with Crippen LogP contribution in [0.2, 0.25) is 10.0 Å². The second-order valence-electron chi connectivity index (χ2n) is 4.64. The van der Waals surface area contributed by atoms with E-state index in [4.69, 9.17) is 28.0 Å². The van der Waals surface area contributed by atoms with Crippen LogP contribution in [0, 0.1) is 11.6 Å². The quantitative estimate of drug-likeness (QED) is 0.584. The van der Waals surface area contributed by atoms with Gasteiger partial charge in [0.2, 0.25) is 5.91 Å². The normalized spacial score (nSPS) is 10.8. The molecule has 2 rings (SSSR count). The Hall–Kier alpha value is -2.18. The summed E-state index contributed by atoms with van der Waals surface area (Å²) in [5.41, 5.74) is 0.467. The zero-order chi connectivity index (χ0) is 17.5. The fraction of sp³-hybridized carbons (Fsp3) is 0.125. The maximum absolute atomic E-state index is 13.4. The van der Waals surface area contributed by atoms with E-state index in [9.17, 15) is 13.6 Å². The minimum Gasteiger partial charge on any atom is -0.391 e. The molecule has 0 heterocycles. The van der Waals surface area contributed by atoms with Crippen LogP contribution in [0.4, 0.5) is 14.5 Å². The Kier molecular flexibility index (Phi) is 6.52. The largest absolute Gasteiger partial charge is 0.391 e. The minimum atomic E-state index is -0.857. The minimum absolute atomic E-state index is 0.0449. The van der Waals surface area contributed by atoms with Crippen LogP contribution in [0.3, 0.4) is 0 Å². The molecule has 2 aromatic rings. The number of nitrogens with zero attached hydrogens (tertiary/aromatic N) is 1. The first-order chi connectivity index (χ1) is 11.5. The van der Waals surface area contributed by atoms with Gasteiger partial charge in [-0.1, -0.05) is 34.4 Å². The summed E-state index contributed by atoms with van der Waals surface area (Å²) in [4.78, 5) is 16.6. The Morgan fingerprint density at radius 1 is 1.21 bits per heavy atom. The Morgan fingerprint density at radius 3 is 2.58 bits per heavy atom. The first-order valence-electron chi connectivity index (χ1n) is 6.79. The first kappa shape index (κ1) is 18.2. The molecule has 0 saturated carbocycles. The second-order valence-corrected chi connectivity index (χ2v) is 5.45. The summed E-state index contributed by atoms with van der Waals surface area (Å²) in [6, 6.07) is 7.90. The number of nitrogens with one attached hydrogen (secondary N) is 1. The van der Waals surface area contributed by atoms with Crippen LogP contribution in [-0.4, -0.2) is 12.1 Å². The molecule has 1 amide bonds. The van der Waals surface area contributed by atoms with Crippen molar-refractivity contribution in [3.05, 3.63) is 63.6 Å². The first-order valence-corrected chi connectivity index (χ1v) is 7.54. The number of carbonyl (C=O) groups is 1. The van der Waals surface area contributed by atoms with Crippen molar-refractivity contribution in [2.45, 2.75) is 13.0 Å². The molecule has 0 aliphatic carbocycles. The molecular formula is C16H12Cl2F2N2O2. The fourth-order valence-corrected chi connectivity index (χ4v) is 2.24. The lowest BCUT2D eigenvalue weighted by Gasteiger charge is -2.05. The predicted molar refractivity (Wildman–Crippen MR) is 89.3 cm³/mol. The maximum Gasteiger partial charge on any atom is 0.229 e. The van der Waals surface area contributed by atoms with Gasteiger partial charge in [-0.05, 0) is 24.3 Å². The summed E-state index contributed by atoms with van der Waals surface area (Å²) in [6.45, 7) is 0.0449. The van der Waals surface area contributed by atoms with Crippen molar-refractivity contribution in [3.8, 4) is 0 Å². The molecule has 0 fully saturated rings. The number of rotatable bonds is 6. The average molecular weight is 373 g/mol. The molecule has 0 atom stereocenters. The molecule has 2 aromatic carbocycles. The maximum atomic E-state index is 13.4. The van der Waals surface area contributed by atoms with E-state index in [-0.39, 0.29) is 18.7 Å². The van der Waals surface area contributed by atoms with Crippen molar-refractivity contribution in [2.75, 3.05) is 5.32 Å². The van der Waals surface area contributed by atoms with Gasteiger partial charge < -0.3 is 10.2 Å². The second kappa shape index (κ2) is 8.61. The Balaban J connectivity index is 1.80. The van der Waals surface area contributed by atoms with Crippen LogP contribution in [0.1, 0.15) is 12.0 Å². The lowest BCUT2D eigenvalue weighted by atomic mass is 10.2. The molecule has 0 saturated heterocycles. The predicted octanol–water partition coefficient (Wildman–Crippen LogP) is 4.80. The van der Waals surface area contributed by atoms with E-state index in [2.05, 4.69) is 10.5 Å². The summed E-state index contributed by atoms with van der Waals surface area (Å²) in [7, 11) is 0. The molecule has 0 aliphatic heterocycles. The van der Waals surface area contributed by atoms with Gasteiger partial charge in [-0.3, -0.25) is 4.79 Å². The van der Waals surface area contributed by atoms with E-state index in [1.807, 2.05) is 0 Å². The molecule has 126 valence electrons. The van der Waals surface area contributed by atoms with Crippen LogP contribution < -0.4 is 5.32 Å². The van der Waals surface area contributed by atoms with Crippen molar-refractivity contribution in [2.24, 2.45) is 5.16 Å². The molecule has 24 heavy (non-hydrogen) atoms. The summed E-state index contributed by atoms with van der Waals surface area (Å²) in [5.74, 6) is -2.10. The highest BCUT2D eigenvalue weighted by atomic mass is 35.5. The average Bonchev–Trinajstić information content (AvgIpc) is 2.52. The van der Waals surface area contributed by atoms with Gasteiger partial charge in [-0.25, -0.2) is 8.78 Å². The van der Waals surface area contributed by atoms with Gasteiger partial charge in [0.1, 0.15) is 18.2 Å². The fourth-order valence-electron chi connectivity index (χ4n) is 1.74. The van der Waals surface area contributed by atoms with Crippen molar-refractivity contribution < 1.29 is 18.4 Å². The number of oxime groups is 1. The molecular weight excluding hydrogens is 361 g/mol. The highest BCUT2D eigenvalue weighted by Gasteiger charge is 2.07. The third-order valence-corrected chi connectivity index (χ3v) is 3.61. The molecule has 0 aliphatic rings. The summed E-state index contributed by atoms with van der Waals surface area (Å²) in [5, 5.41) is 6.80. The van der Waals surface area contributed by atoms with Crippen molar-refractivity contribution in [1.29, 1.82) is 0 Å². The van der Waals surface area contributed by atoms with Gasteiger partial charge in [0.15, 0.2) is 0 Å². The molecule has 1 N–H and O–H groups in total. The van der Waals surface area contributed by atoms with Crippen LogP contribution in [0.15, 0.2) is 41.6 Å². The molecule has 4 nitrogen and oxygen atoms in total. The Bertz CT molecular complexity index is 749. The van der Waals surface area contributed by atoms with Gasteiger partial charge in [0.25, 0.3) is 0 Å². The number of benzene rings is 2. The van der Waals surface area contributed by atoms with Crippen LogP contribution in [0.5, 0.6) is 0 Å². The lowest BCUT2D eigenvalue weighted by Crippen LogP contribution is -2.13. The SMILES string of the molecule is O=C(C/C=N\OCc1c(Cl)cccc1Cl)Nc1ccc(F)cc1F. The van der Waals surface area contributed by atoms with Gasteiger partial charge in [-0.15, -0.1) is 0 Å². The highest BCUT2D eigenvalue weighted by Crippen LogP contribution is 2.24. The monoisotopic (exact) mass is 372 g/mol. The highest BCUT2D eigenvalue weighted by molar-refractivity contribution is 6.35. The van der Waals surface area contributed by atoms with Crippen LogP contribution >= 0.6 is 23.2 Å². The van der Waals surface area contributed by atoms with Gasteiger partial charge in [0.05, 0.1) is 18.3 Å². The van der Waals surface area contributed by atoms with Gasteiger partial charge in [-0.2, -0.15) is 0 Å². The van der Waals surface area contributed by atoms with Crippen LogP contribution in [-0.2, 0) is 16.2 Å². The van der Waals surface area contributed by atoms with E-state index in [1.165, 1.54) is 6.21 Å². The third kappa shape index (κ3) is 5.18. The third-order valence-electron chi connectivity index (χ3n) is 2.90. The number of hydrogen-bond donors (Lipinski definition) is 1. The lowest BCUT2D eigenvalue weighted by molar-refractivity contribution is -0.115. The van der Waals surface area contributed by atoms with Gasteiger partial charge in [0, 0.05) is 21.7 Å². The topological polar surface area (TPSA) is 50.7 Å². The Morgan fingerprint density at radius 2 is 1.92 bits per heavy atom. The number of hydrogen-bond acceptors (Lipinski definition) is 3. The van der Waals surface area contributed by atoms with E-state index in [0.717, 1.165) is 12.1 Å². The summed E-state index contributed by atoms with van der Waals surface area (Å²) >= 11 is 11.9. The molecule has 8 heteroatoms. The van der Waals surface area contributed by atoms with E-state index in [1.54, 1.807) is 18.2 Å². The van der Waals surface area contributed by atoms with Crippen molar-refractivity contribution >= 4 is 41.0 Å². The summed E-state index contributed by atoms with van der Waals surface area (Å²) < 4.78 is 26.1. The number of halogens is 4. The standard InChI is InChI=1S/C16H12Cl2F2N2O2/c17-12-2-1-3-13(18)11(12)9-24-21-7-6-16(23)22-15-5-4-10(19)8-14(15)20/h1-5,7-8H,6,9H2,(H,22,23)/b21-7-. The van der Waals surface area contributed by atoms with E-state index < -0.39 is 17.5 Å². The molecule has 0 spiro atoms. The molecule has 0 radical (unpaired) electrons. The number of amides is 1. The summed E-state index contributed by atoms with van der Waals surface area (Å²) in [6.07, 6.45) is 1.06. The van der Waals surface area contributed by atoms with Crippen molar-refractivity contribution in [3.63, 3.8) is 0 Å². The Labute approximate surface area is 147 Å². The van der Waals surface area contributed by atoms with E-state index in [0.29, 0.717) is 21.7 Å². The molecule has 0 aromatic heterocycles. The van der Waals surface area contributed by atoms with Crippen molar-refractivity contribution in [1.82, 2.24) is 0 Å². The number of carbonyl (C=O) groups excluding carboxylic acids is 1. The van der Waals surface area contributed by atoms with Gasteiger partial charge >= 0.3 is 0 Å². The molecule has 0 unspecified atom stereocenters. The van der Waals surface area contributed by atoms with E-state index >= 15 is 0 Å².